The lowest BCUT2D eigenvalue weighted by molar-refractivity contribution is -0.123. The Morgan fingerprint density at radius 2 is 1.92 bits per heavy atom. The first-order valence-electron chi connectivity index (χ1n) is 8.16. The summed E-state index contributed by atoms with van der Waals surface area (Å²) in [5.74, 6) is 0.517. The van der Waals surface area contributed by atoms with E-state index in [0.29, 0.717) is 11.7 Å². The lowest BCUT2D eigenvalue weighted by Gasteiger charge is -2.15. The zero-order chi connectivity index (χ0) is 17.8. The Labute approximate surface area is 146 Å². The van der Waals surface area contributed by atoms with Gasteiger partial charge in [-0.2, -0.15) is 4.98 Å². The molecule has 25 heavy (non-hydrogen) atoms. The number of amides is 1. The topological polar surface area (TPSA) is 80.9 Å². The second-order valence-electron chi connectivity index (χ2n) is 6.00. The summed E-state index contributed by atoms with van der Waals surface area (Å²) in [6.07, 6.45) is 1.70. The van der Waals surface area contributed by atoms with Crippen molar-refractivity contribution in [3.8, 4) is 11.4 Å². The van der Waals surface area contributed by atoms with E-state index in [0.717, 1.165) is 16.8 Å². The Bertz CT molecular complexity index is 861. The van der Waals surface area contributed by atoms with E-state index in [4.69, 9.17) is 4.52 Å². The molecule has 0 unspecified atom stereocenters. The molecule has 0 aliphatic carbocycles. The van der Waals surface area contributed by atoms with Crippen molar-refractivity contribution < 1.29 is 9.32 Å². The molecule has 1 aromatic carbocycles. The van der Waals surface area contributed by atoms with Crippen molar-refractivity contribution in [3.05, 3.63) is 65.8 Å². The number of aromatic nitrogens is 3. The summed E-state index contributed by atoms with van der Waals surface area (Å²) < 4.78 is 5.31. The van der Waals surface area contributed by atoms with Crippen molar-refractivity contribution in [2.75, 3.05) is 0 Å². The largest absolute Gasteiger partial charge is 0.344 e. The Morgan fingerprint density at radius 1 is 1.16 bits per heavy atom. The summed E-state index contributed by atoms with van der Waals surface area (Å²) in [5.41, 5.74) is 2.67. The van der Waals surface area contributed by atoms with Gasteiger partial charge in [0.2, 0.25) is 17.6 Å². The number of hydrogen-bond acceptors (Lipinski definition) is 5. The highest BCUT2D eigenvalue weighted by molar-refractivity contribution is 5.83. The average Bonchev–Trinajstić information content (AvgIpc) is 3.12. The molecule has 6 nitrogen and oxygen atoms in total. The fourth-order valence-electron chi connectivity index (χ4n) is 2.51. The van der Waals surface area contributed by atoms with Crippen molar-refractivity contribution in [1.29, 1.82) is 0 Å². The highest BCUT2D eigenvalue weighted by Crippen LogP contribution is 2.20. The van der Waals surface area contributed by atoms with Crippen molar-refractivity contribution in [2.45, 2.75) is 32.7 Å². The summed E-state index contributed by atoms with van der Waals surface area (Å²) in [7, 11) is 0. The van der Waals surface area contributed by atoms with Crippen molar-refractivity contribution in [1.82, 2.24) is 20.4 Å². The number of benzene rings is 1. The van der Waals surface area contributed by atoms with Gasteiger partial charge in [-0.1, -0.05) is 35.5 Å². The van der Waals surface area contributed by atoms with Crippen LogP contribution in [0.25, 0.3) is 11.4 Å². The maximum atomic E-state index is 12.4. The Morgan fingerprint density at radius 3 is 2.64 bits per heavy atom. The van der Waals surface area contributed by atoms with E-state index >= 15 is 0 Å². The van der Waals surface area contributed by atoms with E-state index in [-0.39, 0.29) is 17.9 Å². The number of nitrogens with zero attached hydrogens (tertiary/aromatic N) is 3. The molecule has 3 aromatic rings. The fourth-order valence-corrected chi connectivity index (χ4v) is 2.51. The standard InChI is InChI=1S/C19H20N4O2/c1-12-11-16(9-10-20-12)17-22-19(25-23-17)14(3)21-18(24)13(2)15-7-5-4-6-8-15/h4-11,13-14H,1-3H3,(H,21,24)/t13-,14+/m1/s1. The number of carbonyl (C=O) groups is 1. The molecule has 2 aromatic heterocycles. The lowest BCUT2D eigenvalue weighted by Crippen LogP contribution is -2.30. The van der Waals surface area contributed by atoms with Crippen LogP contribution in [0.5, 0.6) is 0 Å². The van der Waals surface area contributed by atoms with Gasteiger partial charge in [0.05, 0.1) is 5.92 Å². The molecule has 1 N–H and O–H groups in total. The second-order valence-corrected chi connectivity index (χ2v) is 6.00. The summed E-state index contributed by atoms with van der Waals surface area (Å²) in [6, 6.07) is 13.0. The van der Waals surface area contributed by atoms with Crippen LogP contribution in [0.3, 0.4) is 0 Å². The van der Waals surface area contributed by atoms with Crippen LogP contribution in [0.4, 0.5) is 0 Å². The molecule has 0 saturated carbocycles. The van der Waals surface area contributed by atoms with Crippen LogP contribution in [0.2, 0.25) is 0 Å². The summed E-state index contributed by atoms with van der Waals surface area (Å²) >= 11 is 0. The van der Waals surface area contributed by atoms with Gasteiger partial charge in [0, 0.05) is 17.5 Å². The number of nitrogens with one attached hydrogen (secondary N) is 1. The van der Waals surface area contributed by atoms with Crippen molar-refractivity contribution >= 4 is 5.91 Å². The smallest absolute Gasteiger partial charge is 0.249 e. The molecule has 0 aliphatic heterocycles. The first-order chi connectivity index (χ1) is 12.0. The van der Waals surface area contributed by atoms with E-state index in [2.05, 4.69) is 20.4 Å². The second kappa shape index (κ2) is 7.25. The molecule has 2 atom stereocenters. The van der Waals surface area contributed by atoms with Crippen LogP contribution in [0.15, 0.2) is 53.2 Å². The maximum absolute atomic E-state index is 12.4. The minimum absolute atomic E-state index is 0.0850. The molecule has 0 spiro atoms. The van der Waals surface area contributed by atoms with Crippen LogP contribution in [0.1, 0.15) is 43.0 Å². The first kappa shape index (κ1) is 16.8. The maximum Gasteiger partial charge on any atom is 0.249 e. The Balaban J connectivity index is 1.69. The number of carbonyl (C=O) groups excluding carboxylic acids is 1. The number of rotatable bonds is 5. The van der Waals surface area contributed by atoms with Crippen LogP contribution in [-0.4, -0.2) is 21.0 Å². The van der Waals surface area contributed by atoms with Crippen molar-refractivity contribution in [2.24, 2.45) is 0 Å². The van der Waals surface area contributed by atoms with Crippen LogP contribution in [0, 0.1) is 6.92 Å². The minimum Gasteiger partial charge on any atom is -0.344 e. The molecular formula is C19H20N4O2. The van der Waals surface area contributed by atoms with Crippen molar-refractivity contribution in [3.63, 3.8) is 0 Å². The third-order valence-corrected chi connectivity index (χ3v) is 4.02. The quantitative estimate of drug-likeness (QED) is 0.772. The molecule has 3 rings (SSSR count). The third kappa shape index (κ3) is 3.91. The zero-order valence-corrected chi connectivity index (χ0v) is 14.4. The molecule has 6 heteroatoms. The molecule has 0 fully saturated rings. The zero-order valence-electron chi connectivity index (χ0n) is 14.4. The lowest BCUT2D eigenvalue weighted by atomic mass is 10.0. The number of aryl methyl sites for hydroxylation is 1. The van der Waals surface area contributed by atoms with Gasteiger partial charge in [0.1, 0.15) is 6.04 Å². The normalized spacial score (nSPS) is 13.2. The number of pyridine rings is 1. The monoisotopic (exact) mass is 336 g/mol. The molecule has 0 saturated heterocycles. The van der Waals surface area contributed by atoms with Gasteiger partial charge in [0.15, 0.2) is 0 Å². The van der Waals surface area contributed by atoms with Gasteiger partial charge in [-0.3, -0.25) is 9.78 Å². The predicted molar refractivity (Wildman–Crippen MR) is 93.7 cm³/mol. The van der Waals surface area contributed by atoms with E-state index in [1.807, 2.05) is 63.2 Å². The van der Waals surface area contributed by atoms with Gasteiger partial charge < -0.3 is 9.84 Å². The van der Waals surface area contributed by atoms with Crippen LogP contribution in [-0.2, 0) is 4.79 Å². The van der Waals surface area contributed by atoms with E-state index in [1.165, 1.54) is 0 Å². The van der Waals surface area contributed by atoms with Gasteiger partial charge in [-0.05, 0) is 38.5 Å². The molecule has 0 bridgehead atoms. The van der Waals surface area contributed by atoms with Crippen LogP contribution >= 0.6 is 0 Å². The minimum atomic E-state index is -0.372. The summed E-state index contributed by atoms with van der Waals surface area (Å²) in [6.45, 7) is 5.60. The van der Waals surface area contributed by atoms with Gasteiger partial charge >= 0.3 is 0 Å². The van der Waals surface area contributed by atoms with Crippen LogP contribution < -0.4 is 5.32 Å². The van der Waals surface area contributed by atoms with Gasteiger partial charge in [0.25, 0.3) is 0 Å². The summed E-state index contributed by atoms with van der Waals surface area (Å²) in [4.78, 5) is 21.0. The highest BCUT2D eigenvalue weighted by atomic mass is 16.5. The molecular weight excluding hydrogens is 316 g/mol. The fraction of sp³-hybridized carbons (Fsp3) is 0.263. The van der Waals surface area contributed by atoms with E-state index in [1.54, 1.807) is 6.20 Å². The Kier molecular flexibility index (Phi) is 4.88. The summed E-state index contributed by atoms with van der Waals surface area (Å²) in [5, 5.41) is 6.92. The predicted octanol–water partition coefficient (Wildman–Crippen LogP) is 3.42. The first-order valence-corrected chi connectivity index (χ1v) is 8.16. The third-order valence-electron chi connectivity index (χ3n) is 4.02. The van der Waals surface area contributed by atoms with E-state index < -0.39 is 0 Å². The highest BCUT2D eigenvalue weighted by Gasteiger charge is 2.21. The molecule has 1 amide bonds. The Hall–Kier alpha value is -3.02. The van der Waals surface area contributed by atoms with Gasteiger partial charge in [-0.25, -0.2) is 0 Å². The molecule has 0 radical (unpaired) electrons. The number of hydrogen-bond donors (Lipinski definition) is 1. The van der Waals surface area contributed by atoms with E-state index in [9.17, 15) is 4.79 Å². The van der Waals surface area contributed by atoms with Gasteiger partial charge in [-0.15, -0.1) is 0 Å². The SMILES string of the molecule is Cc1cc(-c2noc([C@H](C)NC(=O)[C@H](C)c3ccccc3)n2)ccn1. The average molecular weight is 336 g/mol. The molecule has 0 aliphatic rings. The molecule has 128 valence electrons. The molecule has 2 heterocycles.